The summed E-state index contributed by atoms with van der Waals surface area (Å²) in [6.45, 7) is 9.29. The molecule has 1 aliphatic heterocycles. The van der Waals surface area contributed by atoms with E-state index in [2.05, 4.69) is 20.8 Å². The molecule has 3 heteroatoms. The Hall–Kier alpha value is -0.570. The summed E-state index contributed by atoms with van der Waals surface area (Å²) < 4.78 is 5.89. The van der Waals surface area contributed by atoms with E-state index in [1.165, 1.54) is 0 Å². The number of hydrogen-bond donors (Lipinski definition) is 0. The monoisotopic (exact) mass is 225 g/mol. The highest BCUT2D eigenvalue weighted by Gasteiger charge is 2.60. The average Bonchev–Trinajstić information content (AvgIpc) is 2.72. The van der Waals surface area contributed by atoms with Crippen LogP contribution in [-0.2, 0) is 9.53 Å². The largest absolute Gasteiger partial charge is 0.377 e. The minimum Gasteiger partial charge on any atom is -0.377 e. The zero-order valence-corrected chi connectivity index (χ0v) is 11.0. The molecule has 0 aromatic heterocycles. The molecule has 2 fully saturated rings. The number of carbonyl (C=O) groups is 1. The molecule has 3 unspecified atom stereocenters. The molecule has 3 nitrogen and oxygen atoms in total. The zero-order chi connectivity index (χ0) is 12.1. The second kappa shape index (κ2) is 3.46. The first-order chi connectivity index (χ1) is 7.32. The van der Waals surface area contributed by atoms with Crippen LogP contribution in [0.15, 0.2) is 0 Å². The van der Waals surface area contributed by atoms with Crippen molar-refractivity contribution < 1.29 is 9.53 Å². The standard InChI is InChI=1S/C13H23NO2/c1-9(15)14-8-10-6-11(14)7-13(10,16-5)12(2,3)4/h10-11H,6-8H2,1-5H3. The minimum atomic E-state index is -0.0381. The number of nitrogens with zero attached hydrogens (tertiary/aromatic N) is 1. The van der Waals surface area contributed by atoms with Gasteiger partial charge in [-0.1, -0.05) is 20.8 Å². The number of carbonyl (C=O) groups excluding carboxylic acids is 1. The zero-order valence-electron chi connectivity index (χ0n) is 11.0. The molecule has 0 aromatic carbocycles. The van der Waals surface area contributed by atoms with Crippen molar-refractivity contribution in [3.8, 4) is 0 Å². The first-order valence-electron chi connectivity index (χ1n) is 6.14. The van der Waals surface area contributed by atoms with Crippen LogP contribution in [0.4, 0.5) is 0 Å². The van der Waals surface area contributed by atoms with Crippen molar-refractivity contribution in [2.75, 3.05) is 13.7 Å². The number of likely N-dealkylation sites (tertiary alicyclic amines) is 1. The van der Waals surface area contributed by atoms with Gasteiger partial charge in [-0.05, 0) is 18.3 Å². The number of rotatable bonds is 1. The predicted octanol–water partition coefficient (Wildman–Crippen LogP) is 2.06. The molecule has 1 aliphatic carbocycles. The van der Waals surface area contributed by atoms with Crippen LogP contribution in [0.25, 0.3) is 0 Å². The van der Waals surface area contributed by atoms with Crippen LogP contribution >= 0.6 is 0 Å². The molecule has 92 valence electrons. The second-order valence-electron chi connectivity index (χ2n) is 6.31. The third kappa shape index (κ3) is 1.41. The van der Waals surface area contributed by atoms with Crippen LogP contribution in [0.1, 0.15) is 40.5 Å². The van der Waals surface area contributed by atoms with Crippen LogP contribution in [0.2, 0.25) is 0 Å². The van der Waals surface area contributed by atoms with E-state index < -0.39 is 0 Å². The molecule has 2 rings (SSSR count). The molecule has 0 spiro atoms. The number of fused-ring (bicyclic) bond motifs is 2. The van der Waals surface area contributed by atoms with Gasteiger partial charge in [-0.25, -0.2) is 0 Å². The Morgan fingerprint density at radius 2 is 2.06 bits per heavy atom. The molecule has 0 radical (unpaired) electrons. The van der Waals surface area contributed by atoms with Crippen molar-refractivity contribution in [3.63, 3.8) is 0 Å². The van der Waals surface area contributed by atoms with E-state index in [1.807, 2.05) is 12.0 Å². The molecule has 2 bridgehead atoms. The second-order valence-corrected chi connectivity index (χ2v) is 6.31. The molecule has 1 saturated carbocycles. The van der Waals surface area contributed by atoms with Gasteiger partial charge in [0.15, 0.2) is 0 Å². The fraction of sp³-hybridized carbons (Fsp3) is 0.923. The topological polar surface area (TPSA) is 29.5 Å². The number of piperidine rings is 1. The SMILES string of the molecule is COC1(C(C)(C)C)CC2CC1CN2C(C)=O. The molecule has 0 N–H and O–H groups in total. The summed E-state index contributed by atoms with van der Waals surface area (Å²) >= 11 is 0. The summed E-state index contributed by atoms with van der Waals surface area (Å²) in [5, 5.41) is 0. The van der Waals surface area contributed by atoms with Gasteiger partial charge in [0.25, 0.3) is 0 Å². The third-order valence-corrected chi connectivity index (χ3v) is 4.65. The summed E-state index contributed by atoms with van der Waals surface area (Å²) in [5.41, 5.74) is 0.105. The first-order valence-corrected chi connectivity index (χ1v) is 6.14. The van der Waals surface area contributed by atoms with E-state index in [-0.39, 0.29) is 16.9 Å². The van der Waals surface area contributed by atoms with Crippen LogP contribution < -0.4 is 0 Å². The van der Waals surface area contributed by atoms with Gasteiger partial charge in [-0.3, -0.25) is 4.79 Å². The molecule has 1 heterocycles. The molecule has 3 atom stereocenters. The molecule has 0 aromatic rings. The van der Waals surface area contributed by atoms with Gasteiger partial charge in [0.2, 0.25) is 5.91 Å². The minimum absolute atomic E-state index is 0.0381. The number of hydrogen-bond acceptors (Lipinski definition) is 2. The molecular formula is C13H23NO2. The molecule has 16 heavy (non-hydrogen) atoms. The molecular weight excluding hydrogens is 202 g/mol. The van der Waals surface area contributed by atoms with E-state index in [0.29, 0.717) is 12.0 Å². The fourth-order valence-electron chi connectivity index (χ4n) is 3.83. The summed E-state index contributed by atoms with van der Waals surface area (Å²) in [7, 11) is 1.82. The highest BCUT2D eigenvalue weighted by atomic mass is 16.5. The van der Waals surface area contributed by atoms with Crippen molar-refractivity contribution in [1.82, 2.24) is 4.90 Å². The van der Waals surface area contributed by atoms with Crippen molar-refractivity contribution in [2.45, 2.75) is 52.2 Å². The summed E-state index contributed by atoms with van der Waals surface area (Å²) in [4.78, 5) is 13.5. The lowest BCUT2D eigenvalue weighted by molar-refractivity contribution is -0.150. The lowest BCUT2D eigenvalue weighted by atomic mass is 9.69. The fourth-order valence-corrected chi connectivity index (χ4v) is 3.83. The van der Waals surface area contributed by atoms with E-state index >= 15 is 0 Å². The average molecular weight is 225 g/mol. The smallest absolute Gasteiger partial charge is 0.219 e. The number of ether oxygens (including phenoxy) is 1. The van der Waals surface area contributed by atoms with Crippen LogP contribution in [0.3, 0.4) is 0 Å². The van der Waals surface area contributed by atoms with Gasteiger partial charge in [0, 0.05) is 32.5 Å². The normalized spacial score (nSPS) is 38.2. The first kappa shape index (κ1) is 11.9. The summed E-state index contributed by atoms with van der Waals surface area (Å²) in [5.74, 6) is 0.720. The summed E-state index contributed by atoms with van der Waals surface area (Å²) in [6, 6.07) is 0.404. The van der Waals surface area contributed by atoms with Crippen molar-refractivity contribution >= 4 is 5.91 Å². The van der Waals surface area contributed by atoms with Crippen molar-refractivity contribution in [3.05, 3.63) is 0 Å². The Balaban J connectivity index is 2.23. The Morgan fingerprint density at radius 1 is 1.44 bits per heavy atom. The van der Waals surface area contributed by atoms with Crippen molar-refractivity contribution in [1.29, 1.82) is 0 Å². The highest BCUT2D eigenvalue weighted by Crippen LogP contribution is 2.54. The number of methoxy groups -OCH3 is 1. The maximum atomic E-state index is 11.5. The Morgan fingerprint density at radius 3 is 2.38 bits per heavy atom. The van der Waals surface area contributed by atoms with Gasteiger partial charge in [-0.2, -0.15) is 0 Å². The molecule has 2 aliphatic rings. The Labute approximate surface area is 98.1 Å². The third-order valence-electron chi connectivity index (χ3n) is 4.65. The van der Waals surface area contributed by atoms with Gasteiger partial charge in [-0.15, -0.1) is 0 Å². The molecule has 1 saturated heterocycles. The van der Waals surface area contributed by atoms with Crippen LogP contribution in [-0.4, -0.2) is 36.1 Å². The Kier molecular flexibility index (Phi) is 2.57. The van der Waals surface area contributed by atoms with Gasteiger partial charge in [0.05, 0.1) is 5.60 Å². The van der Waals surface area contributed by atoms with Crippen molar-refractivity contribution in [2.24, 2.45) is 11.3 Å². The lowest BCUT2D eigenvalue weighted by Gasteiger charge is -2.48. The van der Waals surface area contributed by atoms with Gasteiger partial charge in [0.1, 0.15) is 0 Å². The maximum absolute atomic E-state index is 11.5. The van der Waals surface area contributed by atoms with Crippen LogP contribution in [0, 0.1) is 11.3 Å². The maximum Gasteiger partial charge on any atom is 0.219 e. The van der Waals surface area contributed by atoms with E-state index in [9.17, 15) is 4.79 Å². The lowest BCUT2D eigenvalue weighted by Crippen LogP contribution is -2.55. The van der Waals surface area contributed by atoms with Crippen LogP contribution in [0.5, 0.6) is 0 Å². The van der Waals surface area contributed by atoms with Gasteiger partial charge < -0.3 is 9.64 Å². The van der Waals surface area contributed by atoms with E-state index in [1.54, 1.807) is 6.92 Å². The van der Waals surface area contributed by atoms with Gasteiger partial charge >= 0.3 is 0 Å². The highest BCUT2D eigenvalue weighted by molar-refractivity contribution is 5.74. The Bertz CT molecular complexity index is 308. The summed E-state index contributed by atoms with van der Waals surface area (Å²) in [6.07, 6.45) is 2.11. The molecule has 1 amide bonds. The number of amides is 1. The quantitative estimate of drug-likeness (QED) is 0.683. The van der Waals surface area contributed by atoms with E-state index in [4.69, 9.17) is 4.74 Å². The van der Waals surface area contributed by atoms with E-state index in [0.717, 1.165) is 19.4 Å². The predicted molar refractivity (Wildman–Crippen MR) is 63.1 cm³/mol.